The molecule has 0 aromatic rings. The van der Waals surface area contributed by atoms with Gasteiger partial charge in [0.25, 0.3) is 0 Å². The summed E-state index contributed by atoms with van der Waals surface area (Å²) < 4.78 is 0. The van der Waals surface area contributed by atoms with Crippen LogP contribution in [0.3, 0.4) is 0 Å². The number of carbonyl (C=O) groups is 1. The highest BCUT2D eigenvalue weighted by atomic mass is 16.4. The predicted molar refractivity (Wildman–Crippen MR) is 60.8 cm³/mol. The van der Waals surface area contributed by atoms with Gasteiger partial charge in [0.2, 0.25) is 0 Å². The van der Waals surface area contributed by atoms with E-state index in [1.165, 1.54) is 12.8 Å². The van der Waals surface area contributed by atoms with Crippen LogP contribution in [0.2, 0.25) is 0 Å². The van der Waals surface area contributed by atoms with Gasteiger partial charge >= 0.3 is 5.97 Å². The molecule has 1 aliphatic carbocycles. The maximum atomic E-state index is 10.9. The van der Waals surface area contributed by atoms with Crippen molar-refractivity contribution in [2.24, 2.45) is 17.3 Å². The average molecular weight is 213 g/mol. The van der Waals surface area contributed by atoms with Crippen molar-refractivity contribution < 1.29 is 9.90 Å². The normalized spacial score (nSPS) is 31.9. The van der Waals surface area contributed by atoms with Gasteiger partial charge in [-0.3, -0.25) is 4.79 Å². The largest absolute Gasteiger partial charge is 0.481 e. The summed E-state index contributed by atoms with van der Waals surface area (Å²) in [6, 6.07) is 0.499. The molecule has 0 aromatic carbocycles. The molecule has 0 saturated heterocycles. The molecular formula is C12H23NO2. The van der Waals surface area contributed by atoms with E-state index in [9.17, 15) is 4.79 Å². The van der Waals surface area contributed by atoms with E-state index in [0.717, 1.165) is 5.92 Å². The Balaban J connectivity index is 2.41. The fourth-order valence-electron chi connectivity index (χ4n) is 2.11. The number of hydrogen-bond acceptors (Lipinski definition) is 2. The summed E-state index contributed by atoms with van der Waals surface area (Å²) in [7, 11) is 0. The van der Waals surface area contributed by atoms with Gasteiger partial charge in [0.05, 0.1) is 5.41 Å². The van der Waals surface area contributed by atoms with Gasteiger partial charge in [0.1, 0.15) is 0 Å². The Morgan fingerprint density at radius 2 is 2.00 bits per heavy atom. The van der Waals surface area contributed by atoms with E-state index >= 15 is 0 Å². The number of carboxylic acids is 1. The molecule has 2 N–H and O–H groups in total. The summed E-state index contributed by atoms with van der Waals surface area (Å²) in [5.41, 5.74) is -0.661. The fraction of sp³-hybridized carbons (Fsp3) is 0.917. The molecule has 0 heterocycles. The van der Waals surface area contributed by atoms with Crippen LogP contribution in [0, 0.1) is 17.3 Å². The lowest BCUT2D eigenvalue weighted by atomic mass is 9.92. The first kappa shape index (κ1) is 12.5. The van der Waals surface area contributed by atoms with Gasteiger partial charge in [0.15, 0.2) is 0 Å². The zero-order valence-corrected chi connectivity index (χ0v) is 10.2. The smallest absolute Gasteiger partial charge is 0.310 e. The molecule has 3 unspecified atom stereocenters. The third-order valence-corrected chi connectivity index (χ3v) is 3.85. The van der Waals surface area contributed by atoms with Crippen LogP contribution in [0.25, 0.3) is 0 Å². The van der Waals surface area contributed by atoms with Crippen molar-refractivity contribution in [3.63, 3.8) is 0 Å². The Hall–Kier alpha value is -0.570. The first-order valence-electron chi connectivity index (χ1n) is 5.81. The molecule has 1 rings (SSSR count). The zero-order valence-electron chi connectivity index (χ0n) is 10.2. The van der Waals surface area contributed by atoms with Gasteiger partial charge in [-0.05, 0) is 38.5 Å². The van der Waals surface area contributed by atoms with Gasteiger partial charge in [-0.1, -0.05) is 13.8 Å². The molecule has 0 aliphatic heterocycles. The number of aliphatic carboxylic acids is 1. The summed E-state index contributed by atoms with van der Waals surface area (Å²) in [6.07, 6.45) is 2.43. The van der Waals surface area contributed by atoms with Crippen LogP contribution >= 0.6 is 0 Å². The highest BCUT2D eigenvalue weighted by molar-refractivity contribution is 5.73. The topological polar surface area (TPSA) is 49.3 Å². The van der Waals surface area contributed by atoms with E-state index in [1.807, 2.05) is 0 Å². The van der Waals surface area contributed by atoms with Crippen molar-refractivity contribution in [2.45, 2.75) is 46.6 Å². The number of nitrogens with one attached hydrogen (secondary N) is 1. The number of hydrogen-bond donors (Lipinski definition) is 2. The highest BCUT2D eigenvalue weighted by Crippen LogP contribution is 2.31. The summed E-state index contributed by atoms with van der Waals surface area (Å²) in [5, 5.41) is 12.4. The first-order valence-corrected chi connectivity index (χ1v) is 5.81. The van der Waals surface area contributed by atoms with Crippen LogP contribution < -0.4 is 5.32 Å². The second kappa shape index (κ2) is 4.52. The number of rotatable bonds is 4. The quantitative estimate of drug-likeness (QED) is 0.752. The third-order valence-electron chi connectivity index (χ3n) is 3.85. The van der Waals surface area contributed by atoms with E-state index < -0.39 is 11.4 Å². The van der Waals surface area contributed by atoms with Gasteiger partial charge in [-0.2, -0.15) is 0 Å². The van der Waals surface area contributed by atoms with E-state index in [1.54, 1.807) is 13.8 Å². The summed E-state index contributed by atoms with van der Waals surface area (Å²) >= 11 is 0. The minimum Gasteiger partial charge on any atom is -0.481 e. The lowest BCUT2D eigenvalue weighted by molar-refractivity contribution is -0.146. The maximum absolute atomic E-state index is 10.9. The summed E-state index contributed by atoms with van der Waals surface area (Å²) in [4.78, 5) is 10.9. The Kier molecular flexibility index (Phi) is 3.77. The molecule has 0 spiro atoms. The van der Waals surface area contributed by atoms with Crippen LogP contribution in [0.15, 0.2) is 0 Å². The van der Waals surface area contributed by atoms with Crippen molar-refractivity contribution in [3.05, 3.63) is 0 Å². The number of carboxylic acid groups (broad SMARTS) is 1. The SMILES string of the molecule is CC1CCC(NCC(C)(C)C(=O)O)C1C. The molecule has 3 atom stereocenters. The van der Waals surface area contributed by atoms with Crippen molar-refractivity contribution in [3.8, 4) is 0 Å². The monoisotopic (exact) mass is 213 g/mol. The molecule has 3 heteroatoms. The van der Waals surface area contributed by atoms with Crippen LogP contribution in [-0.4, -0.2) is 23.7 Å². The summed E-state index contributed by atoms with van der Waals surface area (Å²) in [6.45, 7) is 8.62. The Morgan fingerprint density at radius 3 is 2.40 bits per heavy atom. The average Bonchev–Trinajstić information content (AvgIpc) is 2.45. The molecule has 0 aromatic heterocycles. The standard InChI is InChI=1S/C12H23NO2/c1-8-5-6-10(9(8)2)13-7-12(3,4)11(14)15/h8-10,13H,5-7H2,1-4H3,(H,14,15). The molecule has 1 aliphatic rings. The molecule has 0 amide bonds. The van der Waals surface area contributed by atoms with E-state index in [2.05, 4.69) is 19.2 Å². The van der Waals surface area contributed by atoms with E-state index in [4.69, 9.17) is 5.11 Å². The fourth-order valence-corrected chi connectivity index (χ4v) is 2.11. The van der Waals surface area contributed by atoms with Crippen molar-refractivity contribution in [2.75, 3.05) is 6.54 Å². The van der Waals surface area contributed by atoms with Gasteiger partial charge < -0.3 is 10.4 Å². The Bertz CT molecular complexity index is 238. The van der Waals surface area contributed by atoms with Crippen molar-refractivity contribution in [1.82, 2.24) is 5.32 Å². The van der Waals surface area contributed by atoms with Crippen LogP contribution in [-0.2, 0) is 4.79 Å². The van der Waals surface area contributed by atoms with Crippen LogP contribution in [0.5, 0.6) is 0 Å². The minimum atomic E-state index is -0.728. The van der Waals surface area contributed by atoms with Crippen molar-refractivity contribution in [1.29, 1.82) is 0 Å². The second-order valence-corrected chi connectivity index (χ2v) is 5.59. The Morgan fingerprint density at radius 1 is 1.40 bits per heavy atom. The van der Waals surface area contributed by atoms with Crippen LogP contribution in [0.1, 0.15) is 40.5 Å². The van der Waals surface area contributed by atoms with E-state index in [0.29, 0.717) is 18.5 Å². The van der Waals surface area contributed by atoms with E-state index in [-0.39, 0.29) is 0 Å². The third kappa shape index (κ3) is 2.94. The minimum absolute atomic E-state index is 0.499. The van der Waals surface area contributed by atoms with Gasteiger partial charge in [-0.25, -0.2) is 0 Å². The summed E-state index contributed by atoms with van der Waals surface area (Å²) in [5.74, 6) is 0.693. The molecule has 3 nitrogen and oxygen atoms in total. The maximum Gasteiger partial charge on any atom is 0.310 e. The second-order valence-electron chi connectivity index (χ2n) is 5.59. The van der Waals surface area contributed by atoms with Crippen LogP contribution in [0.4, 0.5) is 0 Å². The predicted octanol–water partition coefficient (Wildman–Crippen LogP) is 2.12. The highest BCUT2D eigenvalue weighted by Gasteiger charge is 2.33. The lowest BCUT2D eigenvalue weighted by Crippen LogP contribution is -2.42. The Labute approximate surface area is 92.3 Å². The molecule has 15 heavy (non-hydrogen) atoms. The zero-order chi connectivity index (χ0) is 11.6. The molecular weight excluding hydrogens is 190 g/mol. The lowest BCUT2D eigenvalue weighted by Gasteiger charge is -2.25. The molecule has 88 valence electrons. The van der Waals surface area contributed by atoms with Gasteiger partial charge in [0, 0.05) is 12.6 Å². The molecule has 1 saturated carbocycles. The first-order chi connectivity index (χ1) is 6.84. The molecule has 1 fully saturated rings. The molecule has 0 bridgehead atoms. The van der Waals surface area contributed by atoms with Crippen molar-refractivity contribution >= 4 is 5.97 Å². The molecule has 0 radical (unpaired) electrons. The van der Waals surface area contributed by atoms with Gasteiger partial charge in [-0.15, -0.1) is 0 Å².